The van der Waals surface area contributed by atoms with Gasteiger partial charge in [0.15, 0.2) is 0 Å². The Balaban J connectivity index is 2.48. The van der Waals surface area contributed by atoms with E-state index in [1.165, 1.54) is 0 Å². The summed E-state index contributed by atoms with van der Waals surface area (Å²) >= 11 is 1.83. The van der Waals surface area contributed by atoms with Crippen LogP contribution < -0.4 is 10.6 Å². The lowest BCUT2D eigenvalue weighted by molar-refractivity contribution is 0.269. The van der Waals surface area contributed by atoms with E-state index in [1.54, 1.807) is 0 Å². The molecule has 0 radical (unpaired) electrons. The minimum Gasteiger partial charge on any atom is -0.395 e. The van der Waals surface area contributed by atoms with Gasteiger partial charge in [-0.15, -0.1) is 0 Å². The average Bonchev–Trinajstić information content (AvgIpc) is 2.45. The summed E-state index contributed by atoms with van der Waals surface area (Å²) in [6.45, 7) is 0.272. The molecule has 3 N–H and O–H groups in total. The summed E-state index contributed by atoms with van der Waals surface area (Å²) in [4.78, 5) is 0. The van der Waals surface area contributed by atoms with Crippen LogP contribution >= 0.6 is 11.8 Å². The Bertz CT molecular complexity index is 111. The average molecular weight is 176 g/mol. The number of likely N-dealkylation sites (N-methyl/N-ethyl adjacent to an activating group) is 2. The van der Waals surface area contributed by atoms with Gasteiger partial charge in [0.05, 0.1) is 6.61 Å². The quantitative estimate of drug-likeness (QED) is 0.530. The van der Waals surface area contributed by atoms with Crippen molar-refractivity contribution in [3.63, 3.8) is 0 Å². The fraction of sp³-hybridized carbons (Fsp3) is 1.00. The predicted molar refractivity (Wildman–Crippen MR) is 49.0 cm³/mol. The van der Waals surface area contributed by atoms with Crippen molar-refractivity contribution < 1.29 is 5.11 Å². The molecule has 1 fully saturated rings. The zero-order valence-corrected chi connectivity index (χ0v) is 7.82. The summed E-state index contributed by atoms with van der Waals surface area (Å²) in [6.07, 6.45) is 0. The Kier molecular flexibility index (Phi) is 3.65. The fourth-order valence-corrected chi connectivity index (χ4v) is 2.98. The van der Waals surface area contributed by atoms with E-state index in [0.717, 1.165) is 5.75 Å². The molecule has 0 aliphatic carbocycles. The number of thioether (sulfide) groups is 1. The number of nitrogens with one attached hydrogen (secondary N) is 2. The first-order valence-corrected chi connectivity index (χ1v) is 4.95. The first-order chi connectivity index (χ1) is 5.33. The Morgan fingerprint density at radius 3 is 2.64 bits per heavy atom. The van der Waals surface area contributed by atoms with E-state index < -0.39 is 0 Å². The van der Waals surface area contributed by atoms with Crippen LogP contribution in [0.2, 0.25) is 0 Å². The van der Waals surface area contributed by atoms with Gasteiger partial charge in [-0.1, -0.05) is 0 Å². The van der Waals surface area contributed by atoms with Gasteiger partial charge in [0, 0.05) is 23.1 Å². The standard InChI is InChI=1S/C7H16N2OS/c1-8-5-4-11-6(3-10)7(5)9-2/h5-10H,3-4H2,1-2H3/t5-,6-,7-/m0/s1. The number of aliphatic hydroxyl groups excluding tert-OH is 1. The van der Waals surface area contributed by atoms with Crippen molar-refractivity contribution in [1.82, 2.24) is 10.6 Å². The summed E-state index contributed by atoms with van der Waals surface area (Å²) in [6, 6.07) is 0.914. The Hall–Kier alpha value is 0.230. The minimum atomic E-state index is 0.272. The summed E-state index contributed by atoms with van der Waals surface area (Å²) in [5.74, 6) is 1.09. The molecule has 1 saturated heterocycles. The summed E-state index contributed by atoms with van der Waals surface area (Å²) in [5.41, 5.74) is 0. The van der Waals surface area contributed by atoms with Crippen LogP contribution in [0.1, 0.15) is 0 Å². The first kappa shape index (κ1) is 9.32. The van der Waals surface area contributed by atoms with E-state index in [2.05, 4.69) is 10.6 Å². The van der Waals surface area contributed by atoms with Crippen molar-refractivity contribution in [3.8, 4) is 0 Å². The minimum absolute atomic E-state index is 0.272. The second-order valence-electron chi connectivity index (χ2n) is 2.76. The number of hydrogen-bond donors (Lipinski definition) is 3. The van der Waals surface area contributed by atoms with Gasteiger partial charge in [0.2, 0.25) is 0 Å². The van der Waals surface area contributed by atoms with E-state index in [9.17, 15) is 0 Å². The van der Waals surface area contributed by atoms with Crippen molar-refractivity contribution in [2.45, 2.75) is 17.3 Å². The number of hydrogen-bond acceptors (Lipinski definition) is 4. The highest BCUT2D eigenvalue weighted by Crippen LogP contribution is 2.26. The van der Waals surface area contributed by atoms with Gasteiger partial charge in [-0.2, -0.15) is 11.8 Å². The van der Waals surface area contributed by atoms with E-state index in [-0.39, 0.29) is 6.61 Å². The molecule has 3 atom stereocenters. The fourth-order valence-electron chi connectivity index (χ4n) is 1.51. The summed E-state index contributed by atoms with van der Waals surface area (Å²) in [5, 5.41) is 15.8. The first-order valence-electron chi connectivity index (χ1n) is 3.90. The van der Waals surface area contributed by atoms with E-state index in [4.69, 9.17) is 5.11 Å². The third-order valence-electron chi connectivity index (χ3n) is 2.21. The van der Waals surface area contributed by atoms with Crippen molar-refractivity contribution >= 4 is 11.8 Å². The molecule has 0 unspecified atom stereocenters. The Morgan fingerprint density at radius 1 is 1.45 bits per heavy atom. The molecule has 1 aliphatic rings. The predicted octanol–water partition coefficient (Wildman–Crippen LogP) is -0.730. The third kappa shape index (κ3) is 1.87. The molecule has 0 aromatic carbocycles. The van der Waals surface area contributed by atoms with Crippen molar-refractivity contribution in [2.75, 3.05) is 26.5 Å². The lowest BCUT2D eigenvalue weighted by atomic mass is 10.1. The molecule has 3 nitrogen and oxygen atoms in total. The summed E-state index contributed by atoms with van der Waals surface area (Å²) in [7, 11) is 3.92. The van der Waals surface area contributed by atoms with Gasteiger partial charge >= 0.3 is 0 Å². The van der Waals surface area contributed by atoms with Gasteiger partial charge < -0.3 is 15.7 Å². The zero-order valence-electron chi connectivity index (χ0n) is 7.00. The number of rotatable bonds is 3. The highest BCUT2D eigenvalue weighted by Gasteiger charge is 2.33. The van der Waals surface area contributed by atoms with Gasteiger partial charge in [-0.3, -0.25) is 0 Å². The summed E-state index contributed by atoms with van der Waals surface area (Å²) < 4.78 is 0. The molecule has 0 saturated carbocycles. The van der Waals surface area contributed by atoms with Crippen LogP contribution in [-0.2, 0) is 0 Å². The maximum absolute atomic E-state index is 8.99. The smallest absolute Gasteiger partial charge is 0.0565 e. The molecule has 0 spiro atoms. The number of aliphatic hydroxyl groups is 1. The molecular formula is C7H16N2OS. The molecule has 4 heteroatoms. The lowest BCUT2D eigenvalue weighted by Gasteiger charge is -2.21. The van der Waals surface area contributed by atoms with E-state index in [1.807, 2.05) is 25.9 Å². The SMILES string of the molecule is CN[C@H]1[C@@H](NC)CS[C@H]1CO. The van der Waals surface area contributed by atoms with Gasteiger partial charge in [0.1, 0.15) is 0 Å². The maximum atomic E-state index is 8.99. The van der Waals surface area contributed by atoms with Crippen molar-refractivity contribution in [3.05, 3.63) is 0 Å². The topological polar surface area (TPSA) is 44.3 Å². The molecule has 1 rings (SSSR count). The molecule has 1 heterocycles. The van der Waals surface area contributed by atoms with Crippen molar-refractivity contribution in [1.29, 1.82) is 0 Å². The van der Waals surface area contributed by atoms with Crippen LogP contribution in [0.25, 0.3) is 0 Å². The molecule has 66 valence electrons. The monoisotopic (exact) mass is 176 g/mol. The van der Waals surface area contributed by atoms with Crippen LogP contribution in [0.5, 0.6) is 0 Å². The molecular weight excluding hydrogens is 160 g/mol. The van der Waals surface area contributed by atoms with E-state index in [0.29, 0.717) is 17.3 Å². The highest BCUT2D eigenvalue weighted by atomic mass is 32.2. The largest absolute Gasteiger partial charge is 0.395 e. The van der Waals surface area contributed by atoms with Gasteiger partial charge in [-0.25, -0.2) is 0 Å². The van der Waals surface area contributed by atoms with Crippen LogP contribution in [0, 0.1) is 0 Å². The van der Waals surface area contributed by atoms with Crippen LogP contribution in [0.3, 0.4) is 0 Å². The lowest BCUT2D eigenvalue weighted by Crippen LogP contribution is -2.48. The highest BCUT2D eigenvalue weighted by molar-refractivity contribution is 8.00. The second-order valence-corrected chi connectivity index (χ2v) is 4.04. The van der Waals surface area contributed by atoms with Crippen molar-refractivity contribution in [2.24, 2.45) is 0 Å². The normalized spacial score (nSPS) is 37.9. The third-order valence-corrected chi connectivity index (χ3v) is 3.63. The molecule has 11 heavy (non-hydrogen) atoms. The molecule has 0 aromatic heterocycles. The second kappa shape index (κ2) is 4.30. The molecule has 0 bridgehead atoms. The van der Waals surface area contributed by atoms with Crippen LogP contribution in [0.15, 0.2) is 0 Å². The van der Waals surface area contributed by atoms with Gasteiger partial charge in [-0.05, 0) is 14.1 Å². The molecule has 1 aliphatic heterocycles. The Labute approximate surface area is 71.9 Å². The van der Waals surface area contributed by atoms with Crippen LogP contribution in [-0.4, -0.2) is 48.9 Å². The molecule has 0 amide bonds. The molecule has 0 aromatic rings. The maximum Gasteiger partial charge on any atom is 0.0565 e. The van der Waals surface area contributed by atoms with Crippen LogP contribution in [0.4, 0.5) is 0 Å². The van der Waals surface area contributed by atoms with Gasteiger partial charge in [0.25, 0.3) is 0 Å². The Morgan fingerprint density at radius 2 is 2.18 bits per heavy atom. The zero-order chi connectivity index (χ0) is 8.27. The van der Waals surface area contributed by atoms with E-state index >= 15 is 0 Å².